The van der Waals surface area contributed by atoms with Gasteiger partial charge < -0.3 is 4.74 Å². The van der Waals surface area contributed by atoms with Gasteiger partial charge in [-0.05, 0) is 24.8 Å². The highest BCUT2D eigenvalue weighted by Gasteiger charge is 2.02. The quantitative estimate of drug-likeness (QED) is 0.661. The minimum Gasteiger partial charge on any atom is -0.490 e. The monoisotopic (exact) mass is 284 g/mol. The molecule has 21 heavy (non-hydrogen) atoms. The average molecular weight is 284 g/mol. The third-order valence-corrected chi connectivity index (χ3v) is 3.43. The van der Waals surface area contributed by atoms with E-state index in [0.717, 1.165) is 43.0 Å². The molecule has 2 rings (SSSR count). The number of nitrogens with zero attached hydrogens (tertiary/aromatic N) is 2. The van der Waals surface area contributed by atoms with Crippen molar-refractivity contribution >= 4 is 0 Å². The van der Waals surface area contributed by atoms with E-state index in [4.69, 9.17) is 4.74 Å². The molecular weight excluding hydrogens is 260 g/mol. The molecule has 0 atom stereocenters. The van der Waals surface area contributed by atoms with Crippen LogP contribution < -0.4 is 4.74 Å². The lowest BCUT2D eigenvalue weighted by Gasteiger charge is -2.06. The van der Waals surface area contributed by atoms with Gasteiger partial charge in [0.1, 0.15) is 0 Å². The van der Waals surface area contributed by atoms with Gasteiger partial charge in [0, 0.05) is 5.56 Å². The van der Waals surface area contributed by atoms with Crippen molar-refractivity contribution in [2.75, 3.05) is 6.61 Å². The fourth-order valence-corrected chi connectivity index (χ4v) is 2.08. The van der Waals surface area contributed by atoms with E-state index in [1.165, 1.54) is 18.4 Å². The van der Waals surface area contributed by atoms with Crippen LogP contribution in [0.5, 0.6) is 5.75 Å². The van der Waals surface area contributed by atoms with Gasteiger partial charge in [0.25, 0.3) is 0 Å². The van der Waals surface area contributed by atoms with E-state index in [1.54, 1.807) is 12.4 Å². The van der Waals surface area contributed by atoms with Gasteiger partial charge in [0.15, 0.2) is 11.6 Å². The van der Waals surface area contributed by atoms with E-state index in [1.807, 2.05) is 0 Å². The number of ether oxygens (including phenoxy) is 1. The predicted octanol–water partition coefficient (Wildman–Crippen LogP) is 4.67. The summed E-state index contributed by atoms with van der Waals surface area (Å²) in [5, 5.41) is 0. The molecule has 0 radical (unpaired) electrons. The Kier molecular flexibility index (Phi) is 6.20. The average Bonchev–Trinajstić information content (AvgIpc) is 2.54. The van der Waals surface area contributed by atoms with Crippen LogP contribution in [0.2, 0.25) is 0 Å². The van der Waals surface area contributed by atoms with Crippen LogP contribution in [0.25, 0.3) is 11.4 Å². The molecule has 0 fully saturated rings. The van der Waals surface area contributed by atoms with E-state index in [-0.39, 0.29) is 0 Å². The minimum absolute atomic E-state index is 0.728. The number of aryl methyl sites for hydroxylation is 1. The Morgan fingerprint density at radius 3 is 2.19 bits per heavy atom. The first-order valence-electron chi connectivity index (χ1n) is 7.87. The summed E-state index contributed by atoms with van der Waals surface area (Å²) in [5.74, 6) is 1.49. The van der Waals surface area contributed by atoms with Gasteiger partial charge >= 0.3 is 0 Å². The Morgan fingerprint density at radius 1 is 0.905 bits per heavy atom. The van der Waals surface area contributed by atoms with Crippen molar-refractivity contribution in [1.82, 2.24) is 9.97 Å². The highest BCUT2D eigenvalue weighted by molar-refractivity contribution is 5.55. The Balaban J connectivity index is 1.97. The molecule has 3 nitrogen and oxygen atoms in total. The topological polar surface area (TPSA) is 35.0 Å². The second kappa shape index (κ2) is 8.40. The van der Waals surface area contributed by atoms with Crippen molar-refractivity contribution in [3.63, 3.8) is 0 Å². The Labute approximate surface area is 127 Å². The molecule has 1 aromatic carbocycles. The Hall–Kier alpha value is -1.90. The molecule has 1 aromatic heterocycles. The van der Waals surface area contributed by atoms with Gasteiger partial charge in [0.2, 0.25) is 0 Å². The molecule has 0 aliphatic carbocycles. The Bertz CT molecular complexity index is 520. The van der Waals surface area contributed by atoms with Crippen LogP contribution in [0, 0.1) is 0 Å². The first-order valence-corrected chi connectivity index (χ1v) is 7.87. The van der Waals surface area contributed by atoms with Crippen molar-refractivity contribution in [3.8, 4) is 17.1 Å². The molecule has 0 amide bonds. The van der Waals surface area contributed by atoms with Gasteiger partial charge in [0.05, 0.1) is 19.0 Å². The minimum atomic E-state index is 0.728. The number of hydrogen-bond acceptors (Lipinski definition) is 3. The molecule has 0 spiro atoms. The number of benzene rings is 1. The third-order valence-electron chi connectivity index (χ3n) is 3.43. The molecule has 0 aliphatic heterocycles. The highest BCUT2D eigenvalue weighted by atomic mass is 16.5. The van der Waals surface area contributed by atoms with E-state index in [9.17, 15) is 0 Å². The molecule has 1 heterocycles. The normalized spacial score (nSPS) is 10.6. The van der Waals surface area contributed by atoms with Crippen LogP contribution in [-0.2, 0) is 6.42 Å². The largest absolute Gasteiger partial charge is 0.490 e. The van der Waals surface area contributed by atoms with E-state index >= 15 is 0 Å². The van der Waals surface area contributed by atoms with E-state index < -0.39 is 0 Å². The summed E-state index contributed by atoms with van der Waals surface area (Å²) in [6, 6.07) is 8.52. The molecule has 112 valence electrons. The SMILES string of the molecule is CCCCOc1cnc(-c2ccc(CCCC)cc2)nc1. The summed E-state index contributed by atoms with van der Waals surface area (Å²) in [6.07, 6.45) is 9.29. The summed E-state index contributed by atoms with van der Waals surface area (Å²) in [7, 11) is 0. The van der Waals surface area contributed by atoms with Crippen LogP contribution >= 0.6 is 0 Å². The zero-order valence-electron chi connectivity index (χ0n) is 13.0. The first-order chi connectivity index (χ1) is 10.3. The van der Waals surface area contributed by atoms with Gasteiger partial charge in [-0.25, -0.2) is 9.97 Å². The number of unbranched alkanes of at least 4 members (excludes halogenated alkanes) is 2. The van der Waals surface area contributed by atoms with Crippen molar-refractivity contribution in [2.45, 2.75) is 46.0 Å². The molecule has 0 saturated heterocycles. The molecular formula is C18H24N2O. The highest BCUT2D eigenvalue weighted by Crippen LogP contribution is 2.18. The lowest BCUT2D eigenvalue weighted by Crippen LogP contribution is -1.98. The maximum absolute atomic E-state index is 5.58. The van der Waals surface area contributed by atoms with Gasteiger partial charge in [-0.3, -0.25) is 0 Å². The fourth-order valence-electron chi connectivity index (χ4n) is 2.08. The molecule has 0 aliphatic rings. The number of hydrogen-bond donors (Lipinski definition) is 0. The van der Waals surface area contributed by atoms with Crippen LogP contribution in [0.3, 0.4) is 0 Å². The lowest BCUT2D eigenvalue weighted by molar-refractivity contribution is 0.307. The van der Waals surface area contributed by atoms with Crippen LogP contribution in [0.1, 0.15) is 45.1 Å². The second-order valence-electron chi connectivity index (χ2n) is 5.24. The summed E-state index contributed by atoms with van der Waals surface area (Å²) < 4.78 is 5.58. The van der Waals surface area contributed by atoms with Crippen molar-refractivity contribution < 1.29 is 4.74 Å². The molecule has 0 unspecified atom stereocenters. The fraction of sp³-hybridized carbons (Fsp3) is 0.444. The Morgan fingerprint density at radius 2 is 1.57 bits per heavy atom. The number of rotatable bonds is 8. The maximum Gasteiger partial charge on any atom is 0.159 e. The van der Waals surface area contributed by atoms with Gasteiger partial charge in [-0.2, -0.15) is 0 Å². The maximum atomic E-state index is 5.58. The molecule has 3 heteroatoms. The number of aromatic nitrogens is 2. The molecule has 0 saturated carbocycles. The van der Waals surface area contributed by atoms with E-state index in [2.05, 4.69) is 48.1 Å². The van der Waals surface area contributed by atoms with Crippen LogP contribution in [-0.4, -0.2) is 16.6 Å². The molecule has 0 N–H and O–H groups in total. The van der Waals surface area contributed by atoms with Crippen molar-refractivity contribution in [1.29, 1.82) is 0 Å². The molecule has 2 aromatic rings. The predicted molar refractivity (Wildman–Crippen MR) is 86.5 cm³/mol. The summed E-state index contributed by atoms with van der Waals surface area (Å²) >= 11 is 0. The van der Waals surface area contributed by atoms with Crippen molar-refractivity contribution in [2.24, 2.45) is 0 Å². The third kappa shape index (κ3) is 4.85. The first kappa shape index (κ1) is 15.5. The summed E-state index contributed by atoms with van der Waals surface area (Å²) in [6.45, 7) is 5.09. The smallest absolute Gasteiger partial charge is 0.159 e. The zero-order chi connectivity index (χ0) is 14.9. The molecule has 0 bridgehead atoms. The summed E-state index contributed by atoms with van der Waals surface area (Å²) in [4.78, 5) is 8.77. The summed E-state index contributed by atoms with van der Waals surface area (Å²) in [5.41, 5.74) is 2.43. The second-order valence-corrected chi connectivity index (χ2v) is 5.24. The van der Waals surface area contributed by atoms with E-state index in [0.29, 0.717) is 0 Å². The standard InChI is InChI=1S/C18H24N2O/c1-3-5-7-15-8-10-16(11-9-15)18-19-13-17(14-20-18)21-12-6-4-2/h8-11,13-14H,3-7,12H2,1-2H3. The van der Waals surface area contributed by atoms with Crippen LogP contribution in [0.4, 0.5) is 0 Å². The van der Waals surface area contributed by atoms with Gasteiger partial charge in [-0.1, -0.05) is 51.0 Å². The van der Waals surface area contributed by atoms with Gasteiger partial charge in [-0.15, -0.1) is 0 Å². The zero-order valence-corrected chi connectivity index (χ0v) is 13.0. The van der Waals surface area contributed by atoms with Crippen LogP contribution in [0.15, 0.2) is 36.7 Å². The lowest BCUT2D eigenvalue weighted by atomic mass is 10.1. The van der Waals surface area contributed by atoms with Crippen molar-refractivity contribution in [3.05, 3.63) is 42.2 Å².